The smallest absolute Gasteiger partial charge is 0.229 e. The molecule has 34 heavy (non-hydrogen) atoms. The highest BCUT2D eigenvalue weighted by atomic mass is 16.8. The summed E-state index contributed by atoms with van der Waals surface area (Å²) in [5, 5.41) is 0. The Morgan fingerprint density at radius 2 is 1.65 bits per heavy atom. The van der Waals surface area contributed by atoms with Gasteiger partial charge in [-0.3, -0.25) is 0 Å². The first-order valence-electron chi connectivity index (χ1n) is 11.9. The summed E-state index contributed by atoms with van der Waals surface area (Å²) in [6, 6.07) is 16.4. The van der Waals surface area contributed by atoms with Gasteiger partial charge in [0.05, 0.1) is 13.2 Å². The molecule has 5 atom stereocenters. The fraction of sp³-hybridized carbons (Fsp3) is 0.556. The van der Waals surface area contributed by atoms with Crippen LogP contribution in [0.3, 0.4) is 0 Å². The second kappa shape index (κ2) is 9.22. The zero-order valence-electron chi connectivity index (χ0n) is 20.5. The molecule has 0 radical (unpaired) electrons. The average Bonchev–Trinajstić information content (AvgIpc) is 3.14. The highest BCUT2D eigenvalue weighted by Crippen LogP contribution is 2.43. The molecule has 3 heterocycles. The first-order valence-corrected chi connectivity index (χ1v) is 11.9. The Morgan fingerprint density at radius 3 is 2.47 bits per heavy atom. The monoisotopic (exact) mass is 470 g/mol. The molecule has 3 aliphatic rings. The third kappa shape index (κ3) is 4.87. The van der Waals surface area contributed by atoms with E-state index in [1.165, 1.54) is 5.56 Å². The van der Waals surface area contributed by atoms with Crippen LogP contribution < -0.4 is 4.74 Å². The maximum absolute atomic E-state index is 6.51. The van der Waals surface area contributed by atoms with Gasteiger partial charge in [-0.1, -0.05) is 42.5 Å². The van der Waals surface area contributed by atoms with Gasteiger partial charge >= 0.3 is 0 Å². The maximum atomic E-state index is 6.51. The lowest BCUT2D eigenvalue weighted by Crippen LogP contribution is -2.64. The van der Waals surface area contributed by atoms with Gasteiger partial charge in [-0.2, -0.15) is 0 Å². The molecule has 0 aromatic heterocycles. The number of benzene rings is 2. The summed E-state index contributed by atoms with van der Waals surface area (Å²) in [6.07, 6.45) is -1.20. The fourth-order valence-electron chi connectivity index (χ4n) is 4.88. The fourth-order valence-corrected chi connectivity index (χ4v) is 4.88. The van der Waals surface area contributed by atoms with Crippen molar-refractivity contribution in [2.45, 2.75) is 76.4 Å². The van der Waals surface area contributed by atoms with Crippen molar-refractivity contribution in [1.29, 1.82) is 0 Å². The van der Waals surface area contributed by atoms with Gasteiger partial charge in [-0.15, -0.1) is 0 Å². The molecular formula is C27H34O7. The van der Waals surface area contributed by atoms with E-state index in [-0.39, 0.29) is 18.3 Å². The Kier molecular flexibility index (Phi) is 6.44. The molecule has 5 rings (SSSR count). The first-order chi connectivity index (χ1) is 16.2. The molecule has 2 aromatic rings. The van der Waals surface area contributed by atoms with Gasteiger partial charge in [0.15, 0.2) is 17.7 Å². The van der Waals surface area contributed by atoms with Crippen molar-refractivity contribution >= 4 is 0 Å². The van der Waals surface area contributed by atoms with E-state index >= 15 is 0 Å². The summed E-state index contributed by atoms with van der Waals surface area (Å²) >= 11 is 0. The molecule has 0 aliphatic carbocycles. The molecule has 3 fully saturated rings. The lowest BCUT2D eigenvalue weighted by atomic mass is 9.97. The number of hydrogen-bond donors (Lipinski definition) is 0. The quantitative estimate of drug-likeness (QED) is 0.623. The van der Waals surface area contributed by atoms with Gasteiger partial charge in [0.25, 0.3) is 0 Å². The summed E-state index contributed by atoms with van der Waals surface area (Å²) in [7, 11) is 1.72. The maximum Gasteiger partial charge on any atom is 0.229 e. The molecule has 3 saturated heterocycles. The van der Waals surface area contributed by atoms with Crippen LogP contribution in [0.2, 0.25) is 0 Å². The van der Waals surface area contributed by atoms with Gasteiger partial charge in [-0.25, -0.2) is 0 Å². The number of ether oxygens (including phenoxy) is 7. The van der Waals surface area contributed by atoms with E-state index in [9.17, 15) is 0 Å². The molecule has 3 aliphatic heterocycles. The van der Waals surface area contributed by atoms with Crippen molar-refractivity contribution in [3.63, 3.8) is 0 Å². The number of para-hydroxylation sites is 1. The summed E-state index contributed by atoms with van der Waals surface area (Å²) in [4.78, 5) is 0. The number of hydrogen-bond acceptors (Lipinski definition) is 7. The topological polar surface area (TPSA) is 64.6 Å². The van der Waals surface area contributed by atoms with Crippen LogP contribution in [0, 0.1) is 0 Å². The normalized spacial score (nSPS) is 31.5. The lowest BCUT2D eigenvalue weighted by Gasteiger charge is -2.48. The second-order valence-electron chi connectivity index (χ2n) is 9.96. The van der Waals surface area contributed by atoms with E-state index in [0.29, 0.717) is 13.2 Å². The van der Waals surface area contributed by atoms with Crippen LogP contribution in [0.1, 0.15) is 33.3 Å². The SMILES string of the molecule is COCCc1cccc(-c2ccccc2O[C@H]2O[C@@H]3COC(C)(C)O[C@H]3[C@@H]3OC(C)(C)O[C@H]23)c1. The first kappa shape index (κ1) is 23.7. The van der Waals surface area contributed by atoms with Crippen molar-refractivity contribution in [2.75, 3.05) is 20.3 Å². The van der Waals surface area contributed by atoms with Crippen molar-refractivity contribution in [1.82, 2.24) is 0 Å². The average molecular weight is 471 g/mol. The van der Waals surface area contributed by atoms with E-state index < -0.39 is 24.0 Å². The standard InChI is InChI=1S/C27H34O7/c1-26(2)29-16-21-22(32-26)23-24(34-27(3,4)33-23)25(31-21)30-20-12-7-6-11-19(20)18-10-8-9-17(15-18)13-14-28-5/h6-12,15,21-25H,13-14,16H2,1-5H3/t21-,22-,23+,24+,25+/m1/s1. The predicted molar refractivity (Wildman–Crippen MR) is 125 cm³/mol. The third-order valence-corrected chi connectivity index (χ3v) is 6.41. The largest absolute Gasteiger partial charge is 0.461 e. The molecule has 7 heteroatoms. The van der Waals surface area contributed by atoms with Crippen molar-refractivity contribution in [3.05, 3.63) is 54.1 Å². The summed E-state index contributed by atoms with van der Waals surface area (Å²) < 4.78 is 42.7. The molecule has 0 saturated carbocycles. The summed E-state index contributed by atoms with van der Waals surface area (Å²) in [5.74, 6) is -0.755. The molecule has 184 valence electrons. The Hall–Kier alpha value is -2.00. The highest BCUT2D eigenvalue weighted by Gasteiger charge is 2.59. The zero-order valence-corrected chi connectivity index (χ0v) is 20.5. The number of fused-ring (bicyclic) bond motifs is 3. The predicted octanol–water partition coefficient (Wildman–Crippen LogP) is 4.32. The van der Waals surface area contributed by atoms with Gasteiger partial charge in [0, 0.05) is 12.7 Å². The van der Waals surface area contributed by atoms with Crippen LogP contribution >= 0.6 is 0 Å². The van der Waals surface area contributed by atoms with E-state index in [4.69, 9.17) is 33.2 Å². The summed E-state index contributed by atoms with van der Waals surface area (Å²) in [5.41, 5.74) is 3.27. The molecular weight excluding hydrogens is 436 g/mol. The van der Waals surface area contributed by atoms with Crippen LogP contribution in [-0.4, -0.2) is 62.6 Å². The van der Waals surface area contributed by atoms with Crippen molar-refractivity contribution < 1.29 is 33.2 Å². The van der Waals surface area contributed by atoms with E-state index in [2.05, 4.69) is 30.3 Å². The minimum Gasteiger partial charge on any atom is -0.461 e. The van der Waals surface area contributed by atoms with E-state index in [1.54, 1.807) is 7.11 Å². The van der Waals surface area contributed by atoms with Crippen LogP contribution in [0.15, 0.2) is 48.5 Å². The van der Waals surface area contributed by atoms with Crippen molar-refractivity contribution in [3.8, 4) is 16.9 Å². The van der Waals surface area contributed by atoms with Gasteiger partial charge in [0.1, 0.15) is 24.1 Å². The number of methoxy groups -OCH3 is 1. The Balaban J connectivity index is 1.42. The minimum atomic E-state index is -0.768. The molecule has 0 amide bonds. The molecule has 2 aromatic carbocycles. The van der Waals surface area contributed by atoms with Gasteiger partial charge in [-0.05, 0) is 51.3 Å². The molecule has 7 nitrogen and oxygen atoms in total. The Bertz CT molecular complexity index is 1000. The van der Waals surface area contributed by atoms with E-state index in [0.717, 1.165) is 23.3 Å². The third-order valence-electron chi connectivity index (χ3n) is 6.41. The zero-order chi connectivity index (χ0) is 23.9. The van der Waals surface area contributed by atoms with Crippen LogP contribution in [0.25, 0.3) is 11.1 Å². The van der Waals surface area contributed by atoms with Crippen LogP contribution in [-0.2, 0) is 34.8 Å². The number of rotatable bonds is 6. The van der Waals surface area contributed by atoms with Crippen LogP contribution in [0.5, 0.6) is 5.75 Å². The Morgan fingerprint density at radius 1 is 0.882 bits per heavy atom. The molecule has 0 N–H and O–H groups in total. The molecule has 0 unspecified atom stereocenters. The summed E-state index contributed by atoms with van der Waals surface area (Å²) in [6.45, 7) is 8.69. The van der Waals surface area contributed by atoms with Gasteiger partial charge < -0.3 is 33.2 Å². The highest BCUT2D eigenvalue weighted by molar-refractivity contribution is 5.71. The molecule has 0 spiro atoms. The minimum absolute atomic E-state index is 0.303. The van der Waals surface area contributed by atoms with Crippen molar-refractivity contribution in [2.24, 2.45) is 0 Å². The molecule has 0 bridgehead atoms. The van der Waals surface area contributed by atoms with E-state index in [1.807, 2.05) is 45.9 Å². The van der Waals surface area contributed by atoms with Gasteiger partial charge in [0.2, 0.25) is 6.29 Å². The lowest BCUT2D eigenvalue weighted by molar-refractivity contribution is -0.362. The Labute approximate surface area is 201 Å². The second-order valence-corrected chi connectivity index (χ2v) is 9.96. The van der Waals surface area contributed by atoms with Crippen LogP contribution in [0.4, 0.5) is 0 Å².